The zero-order valence-electron chi connectivity index (χ0n) is 18.6. The molecule has 2 atom stereocenters. The van der Waals surface area contributed by atoms with E-state index in [2.05, 4.69) is 4.72 Å². The molecule has 1 saturated carbocycles. The van der Waals surface area contributed by atoms with Gasteiger partial charge in [0.1, 0.15) is 10.6 Å². The minimum atomic E-state index is -3.95. The Morgan fingerprint density at radius 2 is 1.62 bits per heavy atom. The van der Waals surface area contributed by atoms with E-state index in [4.69, 9.17) is 4.74 Å². The first-order valence-corrected chi connectivity index (χ1v) is 12.3. The fraction of sp³-hybridized carbons (Fsp3) is 0.417. The first kappa shape index (κ1) is 22.3. The van der Waals surface area contributed by atoms with Gasteiger partial charge in [0.2, 0.25) is 11.8 Å². The maximum absolute atomic E-state index is 13.2. The fourth-order valence-electron chi connectivity index (χ4n) is 4.61. The third-order valence-electron chi connectivity index (χ3n) is 6.55. The molecule has 2 aromatic rings. The number of nitrogens with zero attached hydrogens (tertiary/aromatic N) is 1. The van der Waals surface area contributed by atoms with Crippen LogP contribution in [0.2, 0.25) is 0 Å². The van der Waals surface area contributed by atoms with Crippen LogP contribution in [-0.4, -0.2) is 32.2 Å². The zero-order chi connectivity index (χ0) is 23.0. The van der Waals surface area contributed by atoms with E-state index >= 15 is 0 Å². The highest BCUT2D eigenvalue weighted by molar-refractivity contribution is 7.92. The molecule has 1 heterocycles. The van der Waals surface area contributed by atoms with E-state index in [9.17, 15) is 18.0 Å². The van der Waals surface area contributed by atoms with Gasteiger partial charge in [-0.2, -0.15) is 0 Å². The second-order valence-corrected chi connectivity index (χ2v) is 10.3. The normalized spacial score (nSPS) is 20.9. The molecule has 32 heavy (non-hydrogen) atoms. The van der Waals surface area contributed by atoms with Crippen LogP contribution in [0.3, 0.4) is 0 Å². The minimum Gasteiger partial charge on any atom is -0.495 e. The Balaban J connectivity index is 1.62. The number of likely N-dealkylation sites (tertiary alicyclic amines) is 1. The molecule has 0 radical (unpaired) electrons. The van der Waals surface area contributed by atoms with Gasteiger partial charge in [-0.05, 0) is 67.6 Å². The van der Waals surface area contributed by atoms with Gasteiger partial charge in [0.25, 0.3) is 10.0 Å². The second kappa shape index (κ2) is 8.58. The number of rotatable bonds is 6. The van der Waals surface area contributed by atoms with Crippen molar-refractivity contribution >= 4 is 27.5 Å². The molecule has 7 nitrogen and oxygen atoms in total. The van der Waals surface area contributed by atoms with Crippen molar-refractivity contribution in [2.24, 2.45) is 11.8 Å². The number of sulfonamides is 1. The fourth-order valence-corrected chi connectivity index (χ4v) is 5.88. The summed E-state index contributed by atoms with van der Waals surface area (Å²) in [6.45, 7) is 3.92. The van der Waals surface area contributed by atoms with Crippen molar-refractivity contribution in [3.63, 3.8) is 0 Å². The summed E-state index contributed by atoms with van der Waals surface area (Å²) in [4.78, 5) is 26.9. The molecule has 2 fully saturated rings. The largest absolute Gasteiger partial charge is 0.495 e. The molecule has 1 aliphatic carbocycles. The number of methoxy groups -OCH3 is 1. The molecule has 2 amide bonds. The number of carbonyl (C=O) groups is 2. The van der Waals surface area contributed by atoms with Crippen LogP contribution >= 0.6 is 0 Å². The Bertz CT molecular complexity index is 1150. The van der Waals surface area contributed by atoms with E-state index in [0.717, 1.165) is 36.8 Å². The molecule has 0 spiro atoms. The molecule has 1 saturated heterocycles. The van der Waals surface area contributed by atoms with Crippen molar-refractivity contribution in [3.8, 4) is 5.75 Å². The van der Waals surface area contributed by atoms with Gasteiger partial charge < -0.3 is 4.74 Å². The van der Waals surface area contributed by atoms with Crippen molar-refractivity contribution in [3.05, 3.63) is 53.1 Å². The highest BCUT2D eigenvalue weighted by Crippen LogP contribution is 2.39. The lowest BCUT2D eigenvalue weighted by Crippen LogP contribution is -2.30. The van der Waals surface area contributed by atoms with E-state index in [0.29, 0.717) is 11.3 Å². The van der Waals surface area contributed by atoms with Crippen LogP contribution in [0.5, 0.6) is 5.75 Å². The molecule has 1 N–H and O–H groups in total. The predicted octanol–water partition coefficient (Wildman–Crippen LogP) is 3.79. The number of carbonyl (C=O) groups excluding carboxylic acids is 2. The summed E-state index contributed by atoms with van der Waals surface area (Å²) in [6.07, 6.45) is 3.41. The summed E-state index contributed by atoms with van der Waals surface area (Å²) in [5.74, 6) is -0.563. The Kier molecular flexibility index (Phi) is 5.99. The van der Waals surface area contributed by atoms with Crippen LogP contribution < -0.4 is 9.46 Å². The average Bonchev–Trinajstić information content (AvgIpc) is 3.01. The van der Waals surface area contributed by atoms with E-state index < -0.39 is 10.0 Å². The summed E-state index contributed by atoms with van der Waals surface area (Å²) < 4.78 is 34.2. The molecule has 2 unspecified atom stereocenters. The summed E-state index contributed by atoms with van der Waals surface area (Å²) >= 11 is 0. The number of nitrogens with one attached hydrogen (secondary N) is 1. The van der Waals surface area contributed by atoms with Crippen LogP contribution in [0.25, 0.3) is 0 Å². The maximum atomic E-state index is 13.2. The minimum absolute atomic E-state index is 0.0350. The molecular formula is C24H28N2O5S. The van der Waals surface area contributed by atoms with E-state index in [1.54, 1.807) is 24.3 Å². The summed E-state index contributed by atoms with van der Waals surface area (Å²) in [6, 6.07) is 10.1. The smallest absolute Gasteiger partial charge is 0.265 e. The number of aryl methyl sites for hydroxylation is 2. The lowest BCUT2D eigenvalue weighted by atomic mass is 9.81. The highest BCUT2D eigenvalue weighted by Gasteiger charge is 2.47. The van der Waals surface area contributed by atoms with Crippen molar-refractivity contribution in [2.75, 3.05) is 11.8 Å². The molecule has 0 aromatic heterocycles. The number of hydrogen-bond acceptors (Lipinski definition) is 5. The van der Waals surface area contributed by atoms with Crippen molar-refractivity contribution in [1.29, 1.82) is 0 Å². The number of fused-ring (bicyclic) bond motifs is 1. The summed E-state index contributed by atoms with van der Waals surface area (Å²) in [7, 11) is -2.55. The van der Waals surface area contributed by atoms with Crippen molar-refractivity contribution in [2.45, 2.75) is 51.0 Å². The van der Waals surface area contributed by atoms with Gasteiger partial charge in [-0.15, -0.1) is 0 Å². The lowest BCUT2D eigenvalue weighted by Gasteiger charge is -2.19. The molecule has 8 heteroatoms. The zero-order valence-corrected chi connectivity index (χ0v) is 19.4. The standard InChI is InChI=1S/C24H28N2O5S/c1-15-8-10-18(12-16(15)2)25-32(29,30)22-13-17(9-11-21(22)31-3)14-26-23(27)19-6-4-5-7-20(19)24(26)28/h8-13,19-20,25H,4-7,14H2,1-3H3. The summed E-state index contributed by atoms with van der Waals surface area (Å²) in [5, 5.41) is 0. The van der Waals surface area contributed by atoms with E-state index in [1.165, 1.54) is 18.1 Å². The van der Waals surface area contributed by atoms with Crippen LogP contribution in [0.1, 0.15) is 42.4 Å². The van der Waals surface area contributed by atoms with Gasteiger partial charge >= 0.3 is 0 Å². The van der Waals surface area contributed by atoms with Crippen LogP contribution in [0, 0.1) is 25.7 Å². The number of amides is 2. The van der Waals surface area contributed by atoms with Gasteiger partial charge in [0, 0.05) is 5.69 Å². The number of imide groups is 1. The lowest BCUT2D eigenvalue weighted by molar-refractivity contribution is -0.140. The predicted molar refractivity (Wildman–Crippen MR) is 121 cm³/mol. The number of anilines is 1. The molecule has 1 aliphatic heterocycles. The summed E-state index contributed by atoms with van der Waals surface area (Å²) in [5.41, 5.74) is 3.05. The van der Waals surface area contributed by atoms with Gasteiger partial charge in [0.05, 0.1) is 25.5 Å². The highest BCUT2D eigenvalue weighted by atomic mass is 32.2. The Labute approximate surface area is 188 Å². The number of hydrogen-bond donors (Lipinski definition) is 1. The quantitative estimate of drug-likeness (QED) is 0.668. The SMILES string of the molecule is COc1ccc(CN2C(=O)C3CCCCC3C2=O)cc1S(=O)(=O)Nc1ccc(C)c(C)c1. The number of ether oxygens (including phenoxy) is 1. The Morgan fingerprint density at radius 1 is 0.969 bits per heavy atom. The monoisotopic (exact) mass is 456 g/mol. The van der Waals surface area contributed by atoms with Crippen LogP contribution in [0.15, 0.2) is 41.3 Å². The average molecular weight is 457 g/mol. The molecular weight excluding hydrogens is 428 g/mol. The maximum Gasteiger partial charge on any atom is 0.265 e. The molecule has 4 rings (SSSR count). The third kappa shape index (κ3) is 4.11. The Morgan fingerprint density at radius 3 is 2.22 bits per heavy atom. The van der Waals surface area contributed by atoms with Crippen molar-refractivity contribution in [1.82, 2.24) is 4.90 Å². The first-order chi connectivity index (χ1) is 15.2. The van der Waals surface area contributed by atoms with Crippen molar-refractivity contribution < 1.29 is 22.7 Å². The molecule has 0 bridgehead atoms. The van der Waals surface area contributed by atoms with E-state index in [-0.39, 0.29) is 40.8 Å². The number of benzene rings is 2. The van der Waals surface area contributed by atoms with Gasteiger partial charge in [0.15, 0.2) is 0 Å². The van der Waals surface area contributed by atoms with Crippen LogP contribution in [0.4, 0.5) is 5.69 Å². The molecule has 2 aliphatic rings. The third-order valence-corrected chi connectivity index (χ3v) is 7.95. The van der Waals surface area contributed by atoms with Gasteiger partial charge in [-0.25, -0.2) is 8.42 Å². The molecule has 170 valence electrons. The van der Waals surface area contributed by atoms with E-state index in [1.807, 2.05) is 19.9 Å². The van der Waals surface area contributed by atoms with Gasteiger partial charge in [-0.3, -0.25) is 19.2 Å². The topological polar surface area (TPSA) is 92.8 Å². The van der Waals surface area contributed by atoms with Crippen LogP contribution in [-0.2, 0) is 26.2 Å². The molecule has 2 aromatic carbocycles. The second-order valence-electron chi connectivity index (χ2n) is 8.65. The van der Waals surface area contributed by atoms with Gasteiger partial charge in [-0.1, -0.05) is 25.0 Å². The first-order valence-electron chi connectivity index (χ1n) is 10.8. The Hall–Kier alpha value is -2.87.